The molecule has 0 aromatic heterocycles. The molecule has 0 radical (unpaired) electrons. The van der Waals surface area contributed by atoms with Crippen LogP contribution < -0.4 is 4.90 Å². The Labute approximate surface area is 147 Å². The summed E-state index contributed by atoms with van der Waals surface area (Å²) in [5.74, 6) is -0.452. The minimum atomic E-state index is -4.45. The third-order valence-electron chi connectivity index (χ3n) is 4.50. The molecule has 0 bridgehead atoms. The van der Waals surface area contributed by atoms with Crippen LogP contribution in [-0.4, -0.2) is 17.4 Å². The average Bonchev–Trinajstić information content (AvgIpc) is 2.59. The van der Waals surface area contributed by atoms with Crippen LogP contribution in [0, 0.1) is 17.0 Å². The molecular formula is C18H15F3N2O3. The fraction of sp³-hybridized carbons (Fsp3) is 0.278. The predicted octanol–water partition coefficient (Wildman–Crippen LogP) is 4.52. The Morgan fingerprint density at radius 1 is 1.23 bits per heavy atom. The molecule has 3 rings (SSSR count). The Hall–Kier alpha value is -2.90. The summed E-state index contributed by atoms with van der Waals surface area (Å²) >= 11 is 0. The number of hydrogen-bond donors (Lipinski definition) is 0. The maximum absolute atomic E-state index is 12.9. The van der Waals surface area contributed by atoms with E-state index in [4.69, 9.17) is 0 Å². The molecule has 0 atom stereocenters. The normalized spacial score (nSPS) is 14.1. The van der Waals surface area contributed by atoms with E-state index in [-0.39, 0.29) is 16.8 Å². The van der Waals surface area contributed by atoms with E-state index in [2.05, 4.69) is 0 Å². The van der Waals surface area contributed by atoms with E-state index in [1.165, 1.54) is 36.1 Å². The monoisotopic (exact) mass is 364 g/mol. The van der Waals surface area contributed by atoms with Crippen LogP contribution in [0.3, 0.4) is 0 Å². The lowest BCUT2D eigenvalue weighted by Crippen LogP contribution is -2.36. The van der Waals surface area contributed by atoms with E-state index < -0.39 is 22.6 Å². The highest BCUT2D eigenvalue weighted by Crippen LogP contribution is 2.36. The molecular weight excluding hydrogens is 349 g/mol. The van der Waals surface area contributed by atoms with E-state index in [9.17, 15) is 28.1 Å². The minimum Gasteiger partial charge on any atom is -0.308 e. The van der Waals surface area contributed by atoms with Crippen LogP contribution in [-0.2, 0) is 12.6 Å². The summed E-state index contributed by atoms with van der Waals surface area (Å²) in [6, 6.07) is 7.53. The second-order valence-corrected chi connectivity index (χ2v) is 6.11. The predicted molar refractivity (Wildman–Crippen MR) is 89.3 cm³/mol. The second kappa shape index (κ2) is 6.44. The topological polar surface area (TPSA) is 63.5 Å². The zero-order valence-electron chi connectivity index (χ0n) is 13.8. The first-order valence-electron chi connectivity index (χ1n) is 7.96. The number of halogens is 3. The molecule has 0 aliphatic carbocycles. The first kappa shape index (κ1) is 17.9. The molecule has 0 saturated heterocycles. The van der Waals surface area contributed by atoms with Crippen molar-refractivity contribution in [3.05, 3.63) is 68.8 Å². The van der Waals surface area contributed by atoms with Gasteiger partial charge < -0.3 is 4.90 Å². The zero-order valence-corrected chi connectivity index (χ0v) is 13.8. The van der Waals surface area contributed by atoms with Crippen molar-refractivity contribution in [2.75, 3.05) is 11.4 Å². The molecule has 1 aliphatic heterocycles. The number of anilines is 1. The quantitative estimate of drug-likeness (QED) is 0.582. The van der Waals surface area contributed by atoms with E-state index in [0.717, 1.165) is 12.1 Å². The molecule has 2 aromatic carbocycles. The van der Waals surface area contributed by atoms with Crippen molar-refractivity contribution in [3.63, 3.8) is 0 Å². The van der Waals surface area contributed by atoms with Gasteiger partial charge in [0.15, 0.2) is 0 Å². The number of alkyl halides is 3. The van der Waals surface area contributed by atoms with Crippen molar-refractivity contribution in [2.24, 2.45) is 0 Å². The lowest BCUT2D eigenvalue weighted by molar-refractivity contribution is -0.385. The van der Waals surface area contributed by atoms with Gasteiger partial charge in [0.25, 0.3) is 11.6 Å². The number of aryl methyl sites for hydroxylation is 1. The van der Waals surface area contributed by atoms with Gasteiger partial charge in [-0.15, -0.1) is 0 Å². The second-order valence-electron chi connectivity index (χ2n) is 6.11. The molecule has 136 valence electrons. The Bertz CT molecular complexity index is 894. The summed E-state index contributed by atoms with van der Waals surface area (Å²) < 4.78 is 38.7. The standard InChI is InChI=1S/C18H15F3N2O3/c1-11-14(5-2-6-15(11)23(25)26)17(24)22-9-3-4-12-10-13(18(19,20)21)7-8-16(12)22/h2,5-8,10H,3-4,9H2,1H3. The Morgan fingerprint density at radius 3 is 2.62 bits per heavy atom. The molecule has 0 fully saturated rings. The third kappa shape index (κ3) is 3.14. The van der Waals surface area contributed by atoms with Crippen LogP contribution in [0.4, 0.5) is 24.5 Å². The number of carbonyl (C=O) groups excluding carboxylic acids is 1. The largest absolute Gasteiger partial charge is 0.416 e. The highest BCUT2D eigenvalue weighted by atomic mass is 19.4. The number of fused-ring (bicyclic) bond motifs is 1. The maximum Gasteiger partial charge on any atom is 0.416 e. The lowest BCUT2D eigenvalue weighted by Gasteiger charge is -2.30. The molecule has 5 nitrogen and oxygen atoms in total. The van der Waals surface area contributed by atoms with Gasteiger partial charge in [0.2, 0.25) is 0 Å². The van der Waals surface area contributed by atoms with E-state index in [1.54, 1.807) is 0 Å². The first-order valence-corrected chi connectivity index (χ1v) is 7.96. The summed E-state index contributed by atoms with van der Waals surface area (Å²) in [7, 11) is 0. The number of hydrogen-bond acceptors (Lipinski definition) is 3. The van der Waals surface area contributed by atoms with Crippen molar-refractivity contribution < 1.29 is 22.9 Å². The zero-order chi connectivity index (χ0) is 19.1. The summed E-state index contributed by atoms with van der Waals surface area (Å²) in [6.07, 6.45) is -3.48. The van der Waals surface area contributed by atoms with Crippen LogP contribution in [0.25, 0.3) is 0 Å². The Kier molecular flexibility index (Phi) is 4.43. The molecule has 1 aliphatic rings. The van der Waals surface area contributed by atoms with Crippen molar-refractivity contribution in [2.45, 2.75) is 25.9 Å². The average molecular weight is 364 g/mol. The van der Waals surface area contributed by atoms with Gasteiger partial charge in [-0.3, -0.25) is 14.9 Å². The van der Waals surface area contributed by atoms with Crippen molar-refractivity contribution >= 4 is 17.3 Å². The van der Waals surface area contributed by atoms with Gasteiger partial charge in [-0.2, -0.15) is 13.2 Å². The SMILES string of the molecule is Cc1c(C(=O)N2CCCc3cc(C(F)(F)F)ccc32)cccc1[N+](=O)[O-]. The highest BCUT2D eigenvalue weighted by molar-refractivity contribution is 6.08. The molecule has 0 saturated carbocycles. The minimum absolute atomic E-state index is 0.166. The lowest BCUT2D eigenvalue weighted by atomic mass is 9.97. The number of carbonyl (C=O) groups is 1. The van der Waals surface area contributed by atoms with Crippen molar-refractivity contribution in [3.8, 4) is 0 Å². The van der Waals surface area contributed by atoms with Gasteiger partial charge in [-0.1, -0.05) is 6.07 Å². The Morgan fingerprint density at radius 2 is 1.96 bits per heavy atom. The highest BCUT2D eigenvalue weighted by Gasteiger charge is 2.33. The van der Waals surface area contributed by atoms with Crippen LogP contribution in [0.2, 0.25) is 0 Å². The molecule has 26 heavy (non-hydrogen) atoms. The van der Waals surface area contributed by atoms with Gasteiger partial charge in [-0.25, -0.2) is 0 Å². The molecule has 0 spiro atoms. The van der Waals surface area contributed by atoms with Crippen molar-refractivity contribution in [1.29, 1.82) is 0 Å². The number of nitro benzene ring substituents is 1. The number of rotatable bonds is 2. The molecule has 0 unspecified atom stereocenters. The summed E-state index contributed by atoms with van der Waals surface area (Å²) in [6.45, 7) is 1.84. The van der Waals surface area contributed by atoms with Gasteiger partial charge in [-0.05, 0) is 49.6 Å². The fourth-order valence-corrected chi connectivity index (χ4v) is 3.18. The maximum atomic E-state index is 12.9. The third-order valence-corrected chi connectivity index (χ3v) is 4.50. The summed E-state index contributed by atoms with van der Waals surface area (Å²) in [5, 5.41) is 11.1. The fourth-order valence-electron chi connectivity index (χ4n) is 3.18. The van der Waals surface area contributed by atoms with E-state index in [1.807, 2.05) is 0 Å². The van der Waals surface area contributed by atoms with E-state index >= 15 is 0 Å². The summed E-state index contributed by atoms with van der Waals surface area (Å²) in [5.41, 5.74) is 0.355. The number of nitrogens with zero attached hydrogens (tertiary/aromatic N) is 2. The van der Waals surface area contributed by atoms with Gasteiger partial charge in [0.05, 0.1) is 10.5 Å². The molecule has 2 aromatic rings. The molecule has 0 N–H and O–H groups in total. The van der Waals surface area contributed by atoms with Gasteiger partial charge in [0, 0.05) is 29.4 Å². The Balaban J connectivity index is 2.01. The molecule has 1 amide bonds. The van der Waals surface area contributed by atoms with Crippen LogP contribution >= 0.6 is 0 Å². The van der Waals surface area contributed by atoms with Crippen molar-refractivity contribution in [1.82, 2.24) is 0 Å². The number of benzene rings is 2. The molecule has 1 heterocycles. The molecule has 8 heteroatoms. The van der Waals surface area contributed by atoms with Gasteiger partial charge in [0.1, 0.15) is 0 Å². The smallest absolute Gasteiger partial charge is 0.308 e. The summed E-state index contributed by atoms with van der Waals surface area (Å²) in [4.78, 5) is 24.8. The van der Waals surface area contributed by atoms with E-state index in [0.29, 0.717) is 30.6 Å². The van der Waals surface area contributed by atoms with Crippen LogP contribution in [0.1, 0.15) is 33.5 Å². The number of nitro groups is 1. The van der Waals surface area contributed by atoms with Gasteiger partial charge >= 0.3 is 6.18 Å². The number of amides is 1. The first-order chi connectivity index (χ1) is 12.2. The van der Waals surface area contributed by atoms with Crippen LogP contribution in [0.15, 0.2) is 36.4 Å². The van der Waals surface area contributed by atoms with Crippen LogP contribution in [0.5, 0.6) is 0 Å².